The maximum Gasteiger partial charge on any atom is 0.115 e. The van der Waals surface area contributed by atoms with Gasteiger partial charge in [-0.15, -0.1) is 0 Å². The molecule has 2 aromatic rings. The summed E-state index contributed by atoms with van der Waals surface area (Å²) in [4.78, 5) is 0. The Bertz CT molecular complexity index is 471. The number of hydrogen-bond donors (Lipinski definition) is 1. The maximum atomic E-state index is 9.24. The molecule has 17 heavy (non-hydrogen) atoms. The lowest BCUT2D eigenvalue weighted by atomic mass is 10.0. The minimum atomic E-state index is 0.115. The fraction of sp³-hybridized carbons (Fsp3) is 0.200. The van der Waals surface area contributed by atoms with Crippen LogP contribution in [-0.2, 0) is 4.74 Å². The quantitative estimate of drug-likeness (QED) is 0.866. The topological polar surface area (TPSA) is 29.5 Å². The molecule has 88 valence electrons. The van der Waals surface area contributed by atoms with E-state index in [0.717, 1.165) is 16.7 Å². The van der Waals surface area contributed by atoms with Crippen molar-refractivity contribution >= 4 is 0 Å². The van der Waals surface area contributed by atoms with Crippen LogP contribution in [0.3, 0.4) is 0 Å². The van der Waals surface area contributed by atoms with Crippen molar-refractivity contribution in [3.63, 3.8) is 0 Å². The van der Waals surface area contributed by atoms with Gasteiger partial charge in [-0.3, -0.25) is 0 Å². The van der Waals surface area contributed by atoms with Gasteiger partial charge in [0.25, 0.3) is 0 Å². The molecule has 0 bridgehead atoms. The lowest BCUT2D eigenvalue weighted by Gasteiger charge is -2.10. The minimum absolute atomic E-state index is 0.115. The highest BCUT2D eigenvalue weighted by Crippen LogP contribution is 2.24. The Morgan fingerprint density at radius 1 is 0.882 bits per heavy atom. The Hall–Kier alpha value is -1.80. The van der Waals surface area contributed by atoms with Gasteiger partial charge in [-0.2, -0.15) is 0 Å². The van der Waals surface area contributed by atoms with Crippen LogP contribution in [0.4, 0.5) is 0 Å². The van der Waals surface area contributed by atoms with Crippen LogP contribution in [0.15, 0.2) is 48.5 Å². The molecule has 0 aromatic heterocycles. The first-order valence-corrected chi connectivity index (χ1v) is 5.63. The summed E-state index contributed by atoms with van der Waals surface area (Å²) in [7, 11) is 1.71. The van der Waals surface area contributed by atoms with Crippen molar-refractivity contribution in [2.24, 2.45) is 0 Å². The molecule has 1 atom stereocenters. The predicted octanol–water partition coefficient (Wildman–Crippen LogP) is 3.77. The van der Waals surface area contributed by atoms with E-state index in [1.165, 1.54) is 0 Å². The highest BCUT2D eigenvalue weighted by Gasteiger charge is 2.03. The molecule has 0 saturated carbocycles. The van der Waals surface area contributed by atoms with Gasteiger partial charge in [0.1, 0.15) is 5.75 Å². The van der Waals surface area contributed by atoms with Gasteiger partial charge in [-0.25, -0.2) is 0 Å². The third-order valence-corrected chi connectivity index (χ3v) is 2.93. The van der Waals surface area contributed by atoms with Gasteiger partial charge in [-0.1, -0.05) is 36.4 Å². The molecule has 1 N–H and O–H groups in total. The average molecular weight is 228 g/mol. The van der Waals surface area contributed by atoms with Gasteiger partial charge in [-0.05, 0) is 35.7 Å². The van der Waals surface area contributed by atoms with E-state index in [1.54, 1.807) is 19.2 Å². The first-order chi connectivity index (χ1) is 8.20. The molecule has 2 nitrogen and oxygen atoms in total. The second-order valence-electron chi connectivity index (χ2n) is 4.05. The second-order valence-corrected chi connectivity index (χ2v) is 4.05. The number of ether oxygens (including phenoxy) is 1. The van der Waals surface area contributed by atoms with Gasteiger partial charge in [0.05, 0.1) is 6.10 Å². The van der Waals surface area contributed by atoms with Crippen molar-refractivity contribution in [3.8, 4) is 16.9 Å². The third kappa shape index (κ3) is 2.66. The van der Waals surface area contributed by atoms with E-state index in [9.17, 15) is 5.11 Å². The number of methoxy groups -OCH3 is 1. The average Bonchev–Trinajstić information content (AvgIpc) is 2.39. The fourth-order valence-corrected chi connectivity index (χ4v) is 1.74. The van der Waals surface area contributed by atoms with E-state index in [0.29, 0.717) is 5.75 Å². The first kappa shape index (κ1) is 11.7. The summed E-state index contributed by atoms with van der Waals surface area (Å²) in [6, 6.07) is 15.5. The molecule has 0 spiro atoms. The van der Waals surface area contributed by atoms with Crippen LogP contribution in [0.1, 0.15) is 18.6 Å². The standard InChI is InChI=1S/C15H16O2/c1-11(17-2)12-3-5-13(6-4-12)14-7-9-15(16)10-8-14/h3-11,16H,1-2H3. The van der Waals surface area contributed by atoms with Crippen LogP contribution in [0.25, 0.3) is 11.1 Å². The van der Waals surface area contributed by atoms with E-state index in [-0.39, 0.29) is 6.10 Å². The SMILES string of the molecule is COC(C)c1ccc(-c2ccc(O)cc2)cc1. The summed E-state index contributed by atoms with van der Waals surface area (Å²) in [5, 5.41) is 9.24. The Labute approximate surface area is 101 Å². The van der Waals surface area contributed by atoms with E-state index in [2.05, 4.69) is 24.3 Å². The van der Waals surface area contributed by atoms with Gasteiger partial charge in [0, 0.05) is 7.11 Å². The number of aromatic hydroxyl groups is 1. The smallest absolute Gasteiger partial charge is 0.115 e. The molecule has 0 aliphatic rings. The highest BCUT2D eigenvalue weighted by atomic mass is 16.5. The van der Waals surface area contributed by atoms with Gasteiger partial charge >= 0.3 is 0 Å². The van der Waals surface area contributed by atoms with Crippen LogP contribution in [0.2, 0.25) is 0 Å². The molecule has 0 aliphatic heterocycles. The Balaban J connectivity index is 2.26. The van der Waals surface area contributed by atoms with Gasteiger partial charge in [0.2, 0.25) is 0 Å². The molecular weight excluding hydrogens is 212 g/mol. The molecule has 0 amide bonds. The summed E-state index contributed by atoms with van der Waals surface area (Å²) in [6.45, 7) is 2.02. The van der Waals surface area contributed by atoms with Crippen molar-refractivity contribution in [2.75, 3.05) is 7.11 Å². The van der Waals surface area contributed by atoms with Gasteiger partial charge < -0.3 is 9.84 Å². The molecule has 0 heterocycles. The van der Waals surface area contributed by atoms with Crippen molar-refractivity contribution in [1.29, 1.82) is 0 Å². The molecule has 2 aromatic carbocycles. The number of hydrogen-bond acceptors (Lipinski definition) is 2. The first-order valence-electron chi connectivity index (χ1n) is 5.63. The zero-order chi connectivity index (χ0) is 12.3. The molecule has 0 radical (unpaired) electrons. The maximum absolute atomic E-state index is 9.24. The van der Waals surface area contributed by atoms with Crippen LogP contribution >= 0.6 is 0 Å². The summed E-state index contributed by atoms with van der Waals surface area (Å²) in [6.07, 6.45) is 0.115. The lowest BCUT2D eigenvalue weighted by Crippen LogP contribution is -1.94. The van der Waals surface area contributed by atoms with Gasteiger partial charge in [0.15, 0.2) is 0 Å². The fourth-order valence-electron chi connectivity index (χ4n) is 1.74. The summed E-state index contributed by atoms with van der Waals surface area (Å²) in [5.41, 5.74) is 3.39. The number of phenolic OH excluding ortho intramolecular Hbond substituents is 1. The molecule has 2 rings (SSSR count). The number of rotatable bonds is 3. The number of phenols is 1. The van der Waals surface area contributed by atoms with Crippen LogP contribution in [-0.4, -0.2) is 12.2 Å². The molecule has 0 fully saturated rings. The molecule has 1 unspecified atom stereocenters. The van der Waals surface area contributed by atoms with E-state index < -0.39 is 0 Å². The van der Waals surface area contributed by atoms with Crippen LogP contribution < -0.4 is 0 Å². The highest BCUT2D eigenvalue weighted by molar-refractivity contribution is 5.64. The number of benzene rings is 2. The molecule has 2 heteroatoms. The Morgan fingerprint density at radius 3 is 1.82 bits per heavy atom. The zero-order valence-electron chi connectivity index (χ0n) is 10.1. The van der Waals surface area contributed by atoms with Crippen LogP contribution in [0.5, 0.6) is 5.75 Å². The van der Waals surface area contributed by atoms with E-state index in [1.807, 2.05) is 19.1 Å². The Morgan fingerprint density at radius 2 is 1.35 bits per heavy atom. The molecule has 0 saturated heterocycles. The molecule has 0 aliphatic carbocycles. The monoisotopic (exact) mass is 228 g/mol. The normalized spacial score (nSPS) is 12.4. The third-order valence-electron chi connectivity index (χ3n) is 2.93. The van der Waals surface area contributed by atoms with Crippen molar-refractivity contribution < 1.29 is 9.84 Å². The van der Waals surface area contributed by atoms with Crippen molar-refractivity contribution in [3.05, 3.63) is 54.1 Å². The van der Waals surface area contributed by atoms with Crippen molar-refractivity contribution in [2.45, 2.75) is 13.0 Å². The largest absolute Gasteiger partial charge is 0.508 e. The van der Waals surface area contributed by atoms with E-state index in [4.69, 9.17) is 4.74 Å². The minimum Gasteiger partial charge on any atom is -0.508 e. The van der Waals surface area contributed by atoms with E-state index >= 15 is 0 Å². The second kappa shape index (κ2) is 5.02. The van der Waals surface area contributed by atoms with Crippen molar-refractivity contribution in [1.82, 2.24) is 0 Å². The summed E-state index contributed by atoms with van der Waals surface area (Å²) >= 11 is 0. The summed E-state index contributed by atoms with van der Waals surface area (Å²) in [5.74, 6) is 0.290. The summed E-state index contributed by atoms with van der Waals surface area (Å²) < 4.78 is 5.26. The predicted molar refractivity (Wildman–Crippen MR) is 69.0 cm³/mol. The Kier molecular flexibility index (Phi) is 3.45. The zero-order valence-corrected chi connectivity index (χ0v) is 10.1. The lowest BCUT2D eigenvalue weighted by molar-refractivity contribution is 0.119. The molecular formula is C15H16O2. The van der Waals surface area contributed by atoms with Crippen LogP contribution in [0, 0.1) is 0 Å².